The van der Waals surface area contributed by atoms with Crippen LogP contribution in [0, 0.1) is 6.92 Å². The third-order valence-corrected chi connectivity index (χ3v) is 3.71. The van der Waals surface area contributed by atoms with E-state index in [9.17, 15) is 0 Å². The second-order valence-electron chi connectivity index (χ2n) is 2.35. The number of aryl methyl sites for hydroxylation is 1. The van der Waals surface area contributed by atoms with Crippen molar-refractivity contribution in [1.82, 2.24) is 4.98 Å². The largest absolute Gasteiger partial charge is 0.375 e. The number of rotatable bonds is 4. The fourth-order valence-electron chi connectivity index (χ4n) is 0.771. The molecule has 1 rings (SSSR count). The number of nitrogen functional groups attached to an aromatic ring is 1. The van der Waals surface area contributed by atoms with Crippen LogP contribution in [0.1, 0.15) is 12.1 Å². The fraction of sp³-hybridized carbons (Fsp3) is 0.375. The van der Waals surface area contributed by atoms with Gasteiger partial charge in [0.2, 0.25) is 0 Å². The van der Waals surface area contributed by atoms with Crippen LogP contribution >= 0.6 is 23.1 Å². The second kappa shape index (κ2) is 4.52. The number of nitrogens with two attached hydrogens (primary N) is 1. The highest BCUT2D eigenvalue weighted by atomic mass is 32.2. The van der Waals surface area contributed by atoms with Crippen LogP contribution in [-0.4, -0.2) is 10.7 Å². The predicted molar refractivity (Wildman–Crippen MR) is 56.8 cm³/mol. The van der Waals surface area contributed by atoms with Crippen molar-refractivity contribution in [3.63, 3.8) is 0 Å². The van der Waals surface area contributed by atoms with Crippen LogP contribution in [-0.2, 0) is 0 Å². The van der Waals surface area contributed by atoms with Crippen molar-refractivity contribution in [3.05, 3.63) is 18.3 Å². The Kier molecular flexibility index (Phi) is 3.62. The molecule has 0 radical (unpaired) electrons. The second-order valence-corrected chi connectivity index (χ2v) is 4.75. The monoisotopic (exact) mass is 200 g/mol. The van der Waals surface area contributed by atoms with Crippen molar-refractivity contribution in [2.24, 2.45) is 0 Å². The minimum atomic E-state index is 0.661. The Hall–Kier alpha value is -0.480. The number of anilines is 1. The van der Waals surface area contributed by atoms with E-state index in [0.29, 0.717) is 5.13 Å². The van der Waals surface area contributed by atoms with E-state index in [1.807, 2.05) is 13.0 Å². The summed E-state index contributed by atoms with van der Waals surface area (Å²) in [6.07, 6.45) is 2.95. The average molecular weight is 200 g/mol. The molecule has 0 fully saturated rings. The van der Waals surface area contributed by atoms with E-state index in [1.54, 1.807) is 23.1 Å². The van der Waals surface area contributed by atoms with Gasteiger partial charge in [-0.3, -0.25) is 0 Å². The SMILES string of the molecule is C=CCCSc1sc(N)nc1C. The van der Waals surface area contributed by atoms with Crippen LogP contribution in [0.15, 0.2) is 16.9 Å². The summed E-state index contributed by atoms with van der Waals surface area (Å²) in [6, 6.07) is 0. The normalized spacial score (nSPS) is 10.1. The molecule has 0 unspecified atom stereocenters. The summed E-state index contributed by atoms with van der Waals surface area (Å²) < 4.78 is 1.23. The van der Waals surface area contributed by atoms with Gasteiger partial charge < -0.3 is 5.73 Å². The Balaban J connectivity index is 2.50. The van der Waals surface area contributed by atoms with Gasteiger partial charge in [0.25, 0.3) is 0 Å². The lowest BCUT2D eigenvalue weighted by Crippen LogP contribution is -1.80. The molecule has 0 aliphatic carbocycles. The number of hydrogen-bond acceptors (Lipinski definition) is 4. The Morgan fingerprint density at radius 3 is 3.00 bits per heavy atom. The first kappa shape index (κ1) is 9.61. The smallest absolute Gasteiger partial charge is 0.181 e. The first-order valence-electron chi connectivity index (χ1n) is 3.70. The summed E-state index contributed by atoms with van der Waals surface area (Å²) in [4.78, 5) is 4.14. The van der Waals surface area contributed by atoms with Crippen molar-refractivity contribution in [3.8, 4) is 0 Å². The standard InChI is InChI=1S/C8H12N2S2/c1-3-4-5-11-7-6(2)10-8(9)12-7/h3H,1,4-5H2,2H3,(H2,9,10). The van der Waals surface area contributed by atoms with Gasteiger partial charge in [0, 0.05) is 5.75 Å². The minimum Gasteiger partial charge on any atom is -0.375 e. The predicted octanol–water partition coefficient (Wildman–Crippen LogP) is 2.70. The Morgan fingerprint density at radius 1 is 1.75 bits per heavy atom. The highest BCUT2D eigenvalue weighted by Gasteiger charge is 2.04. The maximum atomic E-state index is 5.56. The van der Waals surface area contributed by atoms with Crippen LogP contribution in [0.25, 0.3) is 0 Å². The number of hydrogen-bond donors (Lipinski definition) is 1. The number of aromatic nitrogens is 1. The zero-order valence-electron chi connectivity index (χ0n) is 7.04. The molecule has 0 spiro atoms. The first-order chi connectivity index (χ1) is 5.74. The molecule has 2 nitrogen and oxygen atoms in total. The molecule has 1 aromatic rings. The van der Waals surface area contributed by atoms with E-state index in [0.717, 1.165) is 17.9 Å². The summed E-state index contributed by atoms with van der Waals surface area (Å²) in [5.41, 5.74) is 6.61. The van der Waals surface area contributed by atoms with E-state index >= 15 is 0 Å². The average Bonchev–Trinajstić information content (AvgIpc) is 2.31. The van der Waals surface area contributed by atoms with E-state index < -0.39 is 0 Å². The topological polar surface area (TPSA) is 38.9 Å². The summed E-state index contributed by atoms with van der Waals surface area (Å²) >= 11 is 3.36. The van der Waals surface area contributed by atoms with Crippen molar-refractivity contribution in [2.75, 3.05) is 11.5 Å². The van der Waals surface area contributed by atoms with Crippen LogP contribution in [0.2, 0.25) is 0 Å². The van der Waals surface area contributed by atoms with E-state index in [1.165, 1.54) is 4.21 Å². The zero-order chi connectivity index (χ0) is 8.97. The van der Waals surface area contributed by atoms with Crippen LogP contribution < -0.4 is 5.73 Å². The molecule has 0 aromatic carbocycles. The van der Waals surface area contributed by atoms with Crippen LogP contribution in [0.4, 0.5) is 5.13 Å². The molecule has 66 valence electrons. The lowest BCUT2D eigenvalue weighted by Gasteiger charge is -1.94. The fourth-order valence-corrected chi connectivity index (χ4v) is 2.80. The van der Waals surface area contributed by atoms with Crippen molar-refractivity contribution < 1.29 is 0 Å². The summed E-state index contributed by atoms with van der Waals surface area (Å²) in [6.45, 7) is 5.66. The maximum absolute atomic E-state index is 5.56. The van der Waals surface area contributed by atoms with Crippen molar-refractivity contribution in [1.29, 1.82) is 0 Å². The molecule has 4 heteroatoms. The van der Waals surface area contributed by atoms with E-state index in [2.05, 4.69) is 11.6 Å². The summed E-state index contributed by atoms with van der Waals surface area (Å²) in [7, 11) is 0. The van der Waals surface area contributed by atoms with Gasteiger partial charge in [-0.1, -0.05) is 17.4 Å². The summed E-state index contributed by atoms with van der Waals surface area (Å²) in [5.74, 6) is 1.06. The lowest BCUT2D eigenvalue weighted by molar-refractivity contribution is 1.20. The van der Waals surface area contributed by atoms with Gasteiger partial charge in [-0.05, 0) is 13.3 Å². The van der Waals surface area contributed by atoms with Crippen LogP contribution in [0.5, 0.6) is 0 Å². The molecule has 0 amide bonds. The quantitative estimate of drug-likeness (QED) is 0.461. The number of allylic oxidation sites excluding steroid dienone is 1. The Bertz CT molecular complexity index is 268. The highest BCUT2D eigenvalue weighted by molar-refractivity contribution is 8.01. The third kappa shape index (κ3) is 2.53. The molecule has 12 heavy (non-hydrogen) atoms. The summed E-state index contributed by atoms with van der Waals surface area (Å²) in [5, 5.41) is 0.661. The molecule has 0 saturated heterocycles. The van der Waals surface area contributed by atoms with Crippen molar-refractivity contribution >= 4 is 28.2 Å². The van der Waals surface area contributed by atoms with Gasteiger partial charge in [0.05, 0.1) is 9.90 Å². The molecule has 0 saturated carbocycles. The molecular weight excluding hydrogens is 188 g/mol. The molecule has 1 heterocycles. The van der Waals surface area contributed by atoms with Gasteiger partial charge in [-0.25, -0.2) is 4.98 Å². The van der Waals surface area contributed by atoms with Gasteiger partial charge in [0.1, 0.15) is 0 Å². The van der Waals surface area contributed by atoms with Gasteiger partial charge in [-0.15, -0.1) is 18.3 Å². The maximum Gasteiger partial charge on any atom is 0.181 e. The van der Waals surface area contributed by atoms with Crippen molar-refractivity contribution in [2.45, 2.75) is 17.6 Å². The van der Waals surface area contributed by atoms with Gasteiger partial charge in [0.15, 0.2) is 5.13 Å². The molecule has 0 bridgehead atoms. The van der Waals surface area contributed by atoms with Gasteiger partial charge in [-0.2, -0.15) is 0 Å². The number of nitrogens with zero attached hydrogens (tertiary/aromatic N) is 1. The lowest BCUT2D eigenvalue weighted by atomic mass is 10.5. The molecule has 0 aliphatic heterocycles. The van der Waals surface area contributed by atoms with E-state index in [-0.39, 0.29) is 0 Å². The molecular formula is C8H12N2S2. The minimum absolute atomic E-state index is 0.661. The molecule has 2 N–H and O–H groups in total. The number of thiazole rings is 1. The molecule has 0 atom stereocenters. The molecule has 1 aromatic heterocycles. The third-order valence-electron chi connectivity index (χ3n) is 1.33. The van der Waals surface area contributed by atoms with Gasteiger partial charge >= 0.3 is 0 Å². The Morgan fingerprint density at radius 2 is 2.50 bits per heavy atom. The highest BCUT2D eigenvalue weighted by Crippen LogP contribution is 2.30. The number of thioether (sulfide) groups is 1. The van der Waals surface area contributed by atoms with Crippen LogP contribution in [0.3, 0.4) is 0 Å². The van der Waals surface area contributed by atoms with E-state index in [4.69, 9.17) is 5.73 Å². The first-order valence-corrected chi connectivity index (χ1v) is 5.51. The molecule has 0 aliphatic rings. The Labute approximate surface area is 80.9 Å². The zero-order valence-corrected chi connectivity index (χ0v) is 8.67.